The number of carbonyl (C=O) groups excluding carboxylic acids is 1. The zero-order valence-electron chi connectivity index (χ0n) is 16.0. The Morgan fingerprint density at radius 3 is 2.59 bits per heavy atom. The van der Waals surface area contributed by atoms with Crippen LogP contribution in [0.15, 0.2) is 48.5 Å². The number of pyridine rings is 2. The van der Waals surface area contributed by atoms with Crippen LogP contribution in [0.3, 0.4) is 0 Å². The van der Waals surface area contributed by atoms with Crippen molar-refractivity contribution in [3.8, 4) is 0 Å². The van der Waals surface area contributed by atoms with E-state index in [0.29, 0.717) is 34.2 Å². The maximum atomic E-state index is 13.3. The summed E-state index contributed by atoms with van der Waals surface area (Å²) in [6.45, 7) is 3.95. The molecule has 29 heavy (non-hydrogen) atoms. The Bertz CT molecular complexity index is 1120. The Morgan fingerprint density at radius 1 is 1.14 bits per heavy atom. The maximum absolute atomic E-state index is 13.3. The van der Waals surface area contributed by atoms with Crippen molar-refractivity contribution in [3.05, 3.63) is 64.8 Å². The van der Waals surface area contributed by atoms with Crippen molar-refractivity contribution < 1.29 is 14.7 Å². The van der Waals surface area contributed by atoms with Gasteiger partial charge in [-0.2, -0.15) is 0 Å². The van der Waals surface area contributed by atoms with Crippen LogP contribution in [0.4, 0.5) is 5.82 Å². The van der Waals surface area contributed by atoms with Gasteiger partial charge in [0.05, 0.1) is 12.0 Å². The van der Waals surface area contributed by atoms with Gasteiger partial charge in [0.2, 0.25) is 0 Å². The van der Waals surface area contributed by atoms with Gasteiger partial charge in [-0.05, 0) is 48.2 Å². The maximum Gasteiger partial charge on any atom is 0.308 e. The van der Waals surface area contributed by atoms with Crippen molar-refractivity contribution in [1.29, 1.82) is 0 Å². The predicted octanol–water partition coefficient (Wildman–Crippen LogP) is 4.73. The van der Waals surface area contributed by atoms with Crippen molar-refractivity contribution in [3.63, 3.8) is 0 Å². The zero-order valence-corrected chi connectivity index (χ0v) is 16.8. The smallest absolute Gasteiger partial charge is 0.308 e. The second-order valence-corrected chi connectivity index (χ2v) is 8.02. The molecular formula is C22H20ClN3O3. The van der Waals surface area contributed by atoms with Crippen LogP contribution in [-0.2, 0) is 4.79 Å². The third-order valence-corrected chi connectivity index (χ3v) is 5.39. The molecule has 1 aromatic carbocycles. The van der Waals surface area contributed by atoms with Crippen molar-refractivity contribution >= 4 is 40.3 Å². The lowest BCUT2D eigenvalue weighted by Gasteiger charge is -2.30. The third-order valence-electron chi connectivity index (χ3n) is 5.18. The van der Waals surface area contributed by atoms with Gasteiger partial charge < -0.3 is 5.11 Å². The van der Waals surface area contributed by atoms with Gasteiger partial charge in [-0.1, -0.05) is 43.6 Å². The molecule has 1 aliphatic heterocycles. The number of hydrogen-bond donors (Lipinski definition) is 1. The van der Waals surface area contributed by atoms with E-state index in [9.17, 15) is 14.7 Å². The Kier molecular flexibility index (Phi) is 4.96. The fourth-order valence-electron chi connectivity index (χ4n) is 3.96. The molecule has 6 nitrogen and oxygen atoms in total. The summed E-state index contributed by atoms with van der Waals surface area (Å²) in [5.41, 5.74) is 1.63. The summed E-state index contributed by atoms with van der Waals surface area (Å²) in [6.07, 6.45) is 0.440. The van der Waals surface area contributed by atoms with Gasteiger partial charge in [0.25, 0.3) is 5.91 Å². The second-order valence-electron chi connectivity index (χ2n) is 7.63. The van der Waals surface area contributed by atoms with E-state index in [2.05, 4.69) is 9.97 Å². The highest BCUT2D eigenvalue weighted by atomic mass is 35.5. The standard InChI is InChI=1S/C22H20ClN3O3/c1-12(2)11-16(22(28)29)19-14-5-3-4-6-15(14)21(27)26(19)18-10-8-13-7-9-17(23)24-20(13)25-18/h3-10,12,16,19H,11H2,1-2H3,(H,28,29). The quantitative estimate of drug-likeness (QED) is 0.616. The first kappa shape index (κ1) is 19.3. The molecule has 7 heteroatoms. The van der Waals surface area contributed by atoms with Gasteiger partial charge in [-0.3, -0.25) is 14.5 Å². The highest BCUT2D eigenvalue weighted by Gasteiger charge is 2.45. The van der Waals surface area contributed by atoms with Gasteiger partial charge in [0.1, 0.15) is 11.0 Å². The molecule has 0 spiro atoms. The summed E-state index contributed by atoms with van der Waals surface area (Å²) in [6, 6.07) is 13.5. The summed E-state index contributed by atoms with van der Waals surface area (Å²) in [7, 11) is 0. The molecular weight excluding hydrogens is 390 g/mol. The van der Waals surface area contributed by atoms with E-state index in [1.807, 2.05) is 32.0 Å². The molecule has 2 unspecified atom stereocenters. The molecule has 1 amide bonds. The van der Waals surface area contributed by atoms with Crippen LogP contribution >= 0.6 is 11.6 Å². The van der Waals surface area contributed by atoms with Crippen molar-refractivity contribution in [2.75, 3.05) is 4.90 Å². The van der Waals surface area contributed by atoms with Crippen LogP contribution < -0.4 is 4.90 Å². The Balaban J connectivity index is 1.88. The third kappa shape index (κ3) is 3.44. The molecule has 1 N–H and O–H groups in total. The van der Waals surface area contributed by atoms with Crippen molar-refractivity contribution in [2.45, 2.75) is 26.3 Å². The number of fused-ring (bicyclic) bond motifs is 2. The average Bonchev–Trinajstić information content (AvgIpc) is 2.98. The molecule has 0 saturated heterocycles. The fourth-order valence-corrected chi connectivity index (χ4v) is 4.10. The normalized spacial score (nSPS) is 17.0. The fraction of sp³-hybridized carbons (Fsp3) is 0.273. The lowest BCUT2D eigenvalue weighted by Crippen LogP contribution is -2.36. The molecule has 0 aliphatic carbocycles. The van der Waals surface area contributed by atoms with E-state index >= 15 is 0 Å². The summed E-state index contributed by atoms with van der Waals surface area (Å²) < 4.78 is 0. The molecule has 1 aliphatic rings. The van der Waals surface area contributed by atoms with Crippen molar-refractivity contribution in [2.24, 2.45) is 11.8 Å². The molecule has 148 valence electrons. The van der Waals surface area contributed by atoms with Crippen LogP contribution in [0.2, 0.25) is 5.15 Å². The number of aliphatic carboxylic acids is 1. The molecule has 4 rings (SSSR count). The number of aromatic nitrogens is 2. The monoisotopic (exact) mass is 409 g/mol. The minimum absolute atomic E-state index is 0.158. The number of carboxylic acids is 1. The van der Waals surface area contributed by atoms with Gasteiger partial charge in [-0.25, -0.2) is 9.97 Å². The van der Waals surface area contributed by atoms with Crippen molar-refractivity contribution in [1.82, 2.24) is 9.97 Å². The number of rotatable bonds is 5. The number of carbonyl (C=O) groups is 2. The Labute approximate surface area is 173 Å². The van der Waals surface area contributed by atoms with E-state index in [1.165, 1.54) is 4.90 Å². The SMILES string of the molecule is CC(C)CC(C(=O)O)C1c2ccccc2C(=O)N1c1ccc2ccc(Cl)nc2n1. The average molecular weight is 410 g/mol. The first-order valence-corrected chi connectivity index (χ1v) is 9.83. The Morgan fingerprint density at radius 2 is 1.86 bits per heavy atom. The lowest BCUT2D eigenvalue weighted by atomic mass is 9.86. The zero-order chi connectivity index (χ0) is 20.7. The minimum Gasteiger partial charge on any atom is -0.481 e. The Hall–Kier alpha value is -2.99. The number of carboxylic acid groups (broad SMARTS) is 1. The van der Waals surface area contributed by atoms with E-state index in [1.54, 1.807) is 30.3 Å². The van der Waals surface area contributed by atoms with Gasteiger partial charge in [0.15, 0.2) is 5.65 Å². The minimum atomic E-state index is -0.930. The van der Waals surface area contributed by atoms with E-state index in [-0.39, 0.29) is 11.8 Å². The van der Waals surface area contributed by atoms with E-state index < -0.39 is 17.9 Å². The predicted molar refractivity (Wildman–Crippen MR) is 111 cm³/mol. The first-order chi connectivity index (χ1) is 13.9. The topological polar surface area (TPSA) is 83.4 Å². The van der Waals surface area contributed by atoms with E-state index in [4.69, 9.17) is 11.6 Å². The first-order valence-electron chi connectivity index (χ1n) is 9.45. The van der Waals surface area contributed by atoms with Crippen LogP contribution in [0.5, 0.6) is 0 Å². The number of hydrogen-bond acceptors (Lipinski definition) is 4. The lowest BCUT2D eigenvalue weighted by molar-refractivity contribution is -0.143. The molecule has 2 atom stereocenters. The van der Waals surface area contributed by atoms with Gasteiger partial charge in [0, 0.05) is 10.9 Å². The molecule has 3 aromatic rings. The molecule has 0 fully saturated rings. The number of anilines is 1. The summed E-state index contributed by atoms with van der Waals surface area (Å²) in [5, 5.41) is 11.1. The second kappa shape index (κ2) is 7.44. The van der Waals surface area contributed by atoms with Gasteiger partial charge in [-0.15, -0.1) is 0 Å². The van der Waals surface area contributed by atoms with E-state index in [0.717, 1.165) is 5.39 Å². The molecule has 3 heterocycles. The van der Waals surface area contributed by atoms with Crippen LogP contribution in [0, 0.1) is 11.8 Å². The number of amides is 1. The highest BCUT2D eigenvalue weighted by molar-refractivity contribution is 6.29. The largest absolute Gasteiger partial charge is 0.481 e. The summed E-state index contributed by atoms with van der Waals surface area (Å²) in [4.78, 5) is 35.7. The van der Waals surface area contributed by atoms with Crippen LogP contribution in [0.1, 0.15) is 42.2 Å². The van der Waals surface area contributed by atoms with Gasteiger partial charge >= 0.3 is 5.97 Å². The van der Waals surface area contributed by atoms with Crippen LogP contribution in [0.25, 0.3) is 11.0 Å². The molecule has 0 saturated carbocycles. The molecule has 0 radical (unpaired) electrons. The molecule has 0 bridgehead atoms. The molecule has 2 aromatic heterocycles. The number of nitrogens with zero attached hydrogens (tertiary/aromatic N) is 3. The number of benzene rings is 1. The summed E-state index contributed by atoms with van der Waals surface area (Å²) in [5.74, 6) is -1.42. The summed E-state index contributed by atoms with van der Waals surface area (Å²) >= 11 is 6.00. The number of halogens is 1. The highest BCUT2D eigenvalue weighted by Crippen LogP contribution is 2.43. The van der Waals surface area contributed by atoms with Crippen LogP contribution in [-0.4, -0.2) is 27.0 Å².